The smallest absolute Gasteiger partial charge is 0.0905 e. The van der Waals surface area contributed by atoms with E-state index in [1.54, 1.807) is 0 Å². The molecule has 0 heterocycles. The van der Waals surface area contributed by atoms with Crippen LogP contribution in [0.5, 0.6) is 0 Å². The molecule has 2 atom stereocenters. The number of rotatable bonds is 7. The first-order valence-electron chi connectivity index (χ1n) is 9.25. The highest BCUT2D eigenvalue weighted by Crippen LogP contribution is 2.64. The molecule has 0 spiro atoms. The lowest BCUT2D eigenvalue weighted by atomic mass is 9.86. The molecule has 0 aliphatic rings. The van der Waals surface area contributed by atoms with Crippen molar-refractivity contribution in [2.45, 2.75) is 92.4 Å². The maximum atomic E-state index is 13.5. The van der Waals surface area contributed by atoms with E-state index in [1.807, 2.05) is 13.3 Å². The zero-order chi connectivity index (χ0) is 19.8. The van der Waals surface area contributed by atoms with Gasteiger partial charge in [-0.25, -0.2) is 0 Å². The molecule has 146 valence electrons. The Morgan fingerprint density at radius 3 is 0.917 bits per heavy atom. The third kappa shape index (κ3) is 7.37. The SMILES string of the molecule is CC(C)(C)CC(C)(C)P(C)(=O)CC[P@@](C)(=O)C(C)(C)CC(C)(C)C. The number of hydrogen-bond acceptors (Lipinski definition) is 2. The minimum atomic E-state index is -2.38. The molecule has 0 aliphatic carbocycles. The summed E-state index contributed by atoms with van der Waals surface area (Å²) < 4.78 is 26.9. The van der Waals surface area contributed by atoms with Gasteiger partial charge >= 0.3 is 0 Å². The summed E-state index contributed by atoms with van der Waals surface area (Å²) in [6.07, 6.45) is 3.04. The van der Waals surface area contributed by atoms with Gasteiger partial charge in [0, 0.05) is 22.6 Å². The molecule has 0 saturated heterocycles. The van der Waals surface area contributed by atoms with Gasteiger partial charge in [-0.15, -0.1) is 0 Å². The Hall–Kier alpha value is 0.460. The van der Waals surface area contributed by atoms with Gasteiger partial charge in [0.1, 0.15) is 0 Å². The van der Waals surface area contributed by atoms with Crippen LogP contribution in [-0.4, -0.2) is 36.0 Å². The molecule has 0 amide bonds. The van der Waals surface area contributed by atoms with E-state index < -0.39 is 14.3 Å². The van der Waals surface area contributed by atoms with E-state index in [4.69, 9.17) is 0 Å². The Bertz CT molecular complexity index is 469. The van der Waals surface area contributed by atoms with E-state index in [0.29, 0.717) is 12.3 Å². The van der Waals surface area contributed by atoms with Gasteiger partial charge in [0.25, 0.3) is 0 Å². The fourth-order valence-electron chi connectivity index (χ4n) is 3.92. The maximum absolute atomic E-state index is 13.5. The van der Waals surface area contributed by atoms with Crippen LogP contribution in [0.4, 0.5) is 0 Å². The van der Waals surface area contributed by atoms with Gasteiger partial charge < -0.3 is 9.13 Å². The summed E-state index contributed by atoms with van der Waals surface area (Å²) in [5.74, 6) is 0. The molecule has 4 heteroatoms. The molecule has 0 aromatic carbocycles. The van der Waals surface area contributed by atoms with Crippen molar-refractivity contribution >= 4 is 14.3 Å². The summed E-state index contributed by atoms with van der Waals surface area (Å²) in [6.45, 7) is 25.6. The van der Waals surface area contributed by atoms with Crippen LogP contribution in [0.1, 0.15) is 82.1 Å². The monoisotopic (exact) mass is 378 g/mol. The third-order valence-corrected chi connectivity index (χ3v) is 13.4. The molecule has 0 saturated carbocycles. The first kappa shape index (κ1) is 24.5. The van der Waals surface area contributed by atoms with Crippen molar-refractivity contribution < 1.29 is 9.13 Å². The molecule has 0 aliphatic heterocycles. The standard InChI is InChI=1S/C20H44O2P2/c1-17(2,3)15-19(7,8)23(11,21)13-14-24(12,22)20(9,10)16-18(4,5)6/h13-16H2,1-12H3/t23-,24?/m1/s1. The lowest BCUT2D eigenvalue weighted by molar-refractivity contribution is 0.327. The molecular formula is C20H44O2P2. The quantitative estimate of drug-likeness (QED) is 0.432. The Labute approximate surface area is 152 Å². The highest BCUT2D eigenvalue weighted by atomic mass is 31.2. The van der Waals surface area contributed by atoms with Crippen LogP contribution in [0, 0.1) is 10.8 Å². The lowest BCUT2D eigenvalue weighted by Crippen LogP contribution is -2.31. The third-order valence-electron chi connectivity index (χ3n) is 5.44. The fraction of sp³-hybridized carbons (Fsp3) is 1.00. The van der Waals surface area contributed by atoms with Gasteiger partial charge in [0.05, 0.1) is 14.3 Å². The van der Waals surface area contributed by atoms with Crippen molar-refractivity contribution in [1.82, 2.24) is 0 Å². The Balaban J connectivity index is 5.22. The Kier molecular flexibility index (Phi) is 7.37. The van der Waals surface area contributed by atoms with Crippen LogP contribution >= 0.6 is 14.3 Å². The zero-order valence-electron chi connectivity index (χ0n) is 18.5. The summed E-state index contributed by atoms with van der Waals surface area (Å²) >= 11 is 0. The molecule has 0 N–H and O–H groups in total. The van der Waals surface area contributed by atoms with E-state index >= 15 is 0 Å². The average Bonchev–Trinajstić information content (AvgIpc) is 2.19. The van der Waals surface area contributed by atoms with Crippen molar-refractivity contribution in [1.29, 1.82) is 0 Å². The van der Waals surface area contributed by atoms with Crippen LogP contribution in [0.2, 0.25) is 0 Å². The second kappa shape index (κ2) is 7.23. The van der Waals surface area contributed by atoms with Crippen LogP contribution in [-0.2, 0) is 9.13 Å². The van der Waals surface area contributed by atoms with Gasteiger partial charge in [-0.3, -0.25) is 0 Å². The second-order valence-corrected chi connectivity index (χ2v) is 19.5. The van der Waals surface area contributed by atoms with E-state index in [0.717, 1.165) is 12.8 Å². The minimum Gasteiger partial charge on any atom is -0.323 e. The van der Waals surface area contributed by atoms with Crippen LogP contribution in [0.25, 0.3) is 0 Å². The normalized spacial score (nSPS) is 19.7. The summed E-state index contributed by atoms with van der Waals surface area (Å²) in [5, 5.41) is -0.418. The van der Waals surface area contributed by atoms with Crippen molar-refractivity contribution in [3.63, 3.8) is 0 Å². The van der Waals surface area contributed by atoms with E-state index in [-0.39, 0.29) is 21.1 Å². The highest BCUT2D eigenvalue weighted by Gasteiger charge is 2.43. The lowest BCUT2D eigenvalue weighted by Gasteiger charge is -2.40. The molecule has 24 heavy (non-hydrogen) atoms. The molecule has 0 radical (unpaired) electrons. The van der Waals surface area contributed by atoms with Crippen molar-refractivity contribution in [2.75, 3.05) is 25.7 Å². The molecule has 1 unspecified atom stereocenters. The van der Waals surface area contributed by atoms with Crippen LogP contribution < -0.4 is 0 Å². The highest BCUT2D eigenvalue weighted by molar-refractivity contribution is 7.68. The van der Waals surface area contributed by atoms with Crippen LogP contribution in [0.3, 0.4) is 0 Å². The number of hydrogen-bond donors (Lipinski definition) is 0. The summed E-state index contributed by atoms with van der Waals surface area (Å²) in [7, 11) is -4.76. The topological polar surface area (TPSA) is 34.1 Å². The first-order valence-corrected chi connectivity index (χ1v) is 13.9. The molecule has 0 aromatic heterocycles. The summed E-state index contributed by atoms with van der Waals surface area (Å²) in [5.41, 5.74) is 0.299. The van der Waals surface area contributed by atoms with Gasteiger partial charge in [-0.05, 0) is 37.0 Å². The second-order valence-electron chi connectivity index (χ2n) is 11.7. The largest absolute Gasteiger partial charge is 0.323 e. The molecule has 0 fully saturated rings. The van der Waals surface area contributed by atoms with Gasteiger partial charge in [0.2, 0.25) is 0 Å². The fourth-order valence-corrected chi connectivity index (χ4v) is 9.80. The zero-order valence-corrected chi connectivity index (χ0v) is 20.3. The molecule has 0 rings (SSSR count). The predicted molar refractivity (Wildman–Crippen MR) is 113 cm³/mol. The van der Waals surface area contributed by atoms with Crippen molar-refractivity contribution in [3.05, 3.63) is 0 Å². The summed E-state index contributed by atoms with van der Waals surface area (Å²) in [6, 6.07) is 0. The minimum absolute atomic E-state index is 0.149. The molecular weight excluding hydrogens is 334 g/mol. The average molecular weight is 379 g/mol. The van der Waals surface area contributed by atoms with Gasteiger partial charge in [-0.2, -0.15) is 0 Å². The van der Waals surface area contributed by atoms with Crippen LogP contribution in [0.15, 0.2) is 0 Å². The van der Waals surface area contributed by atoms with Gasteiger partial charge in [0.15, 0.2) is 0 Å². The van der Waals surface area contributed by atoms with Crippen molar-refractivity contribution in [3.8, 4) is 0 Å². The molecule has 2 nitrogen and oxygen atoms in total. The van der Waals surface area contributed by atoms with E-state index in [2.05, 4.69) is 69.2 Å². The van der Waals surface area contributed by atoms with E-state index in [9.17, 15) is 9.13 Å². The Morgan fingerprint density at radius 2 is 0.750 bits per heavy atom. The van der Waals surface area contributed by atoms with Gasteiger partial charge in [-0.1, -0.05) is 69.2 Å². The summed E-state index contributed by atoms with van der Waals surface area (Å²) in [4.78, 5) is 0. The Morgan fingerprint density at radius 1 is 0.542 bits per heavy atom. The molecule has 0 bridgehead atoms. The van der Waals surface area contributed by atoms with Crippen molar-refractivity contribution in [2.24, 2.45) is 10.8 Å². The predicted octanol–water partition coefficient (Wildman–Crippen LogP) is 7.40. The maximum Gasteiger partial charge on any atom is 0.0905 e. The first-order chi connectivity index (χ1) is 10.1. The van der Waals surface area contributed by atoms with E-state index in [1.165, 1.54) is 0 Å². The molecule has 0 aromatic rings.